The minimum atomic E-state index is -4.74. The Balaban J connectivity index is 1.97. The topological polar surface area (TPSA) is 60.3 Å². The molecule has 3 aromatic rings. The fraction of sp³-hybridized carbons (Fsp3) is 0.318. The summed E-state index contributed by atoms with van der Waals surface area (Å²) in [4.78, 5) is 22.7. The van der Waals surface area contributed by atoms with E-state index in [0.717, 1.165) is 17.0 Å². The average molecular weight is 448 g/mol. The predicted octanol–water partition coefficient (Wildman–Crippen LogP) is 3.93. The molecule has 1 aliphatic rings. The molecule has 0 bridgehead atoms. The first-order valence-corrected chi connectivity index (χ1v) is 9.96. The zero-order chi connectivity index (χ0) is 22.9. The Morgan fingerprint density at radius 1 is 1.09 bits per heavy atom. The standard InChI is InChI=1S/C22H20F4N4O2/c1-14-17(20-27-11-16(23)12-28-20)18(21(31)29-7-9-32-10-8-29)30(19(14)22(24,25)26)13-15-5-3-2-4-6-15/h2-6,11-12H,7-10,13H2,1H3. The third-order valence-corrected chi connectivity index (χ3v) is 5.30. The predicted molar refractivity (Wildman–Crippen MR) is 107 cm³/mol. The lowest BCUT2D eigenvalue weighted by molar-refractivity contribution is -0.143. The van der Waals surface area contributed by atoms with Gasteiger partial charge < -0.3 is 14.2 Å². The number of carbonyl (C=O) groups is 1. The molecule has 168 valence electrons. The molecule has 2 aromatic heterocycles. The summed E-state index contributed by atoms with van der Waals surface area (Å²) in [5, 5.41) is 0. The number of hydrogen-bond donors (Lipinski definition) is 0. The average Bonchev–Trinajstić information content (AvgIpc) is 3.07. The zero-order valence-electron chi connectivity index (χ0n) is 17.2. The van der Waals surface area contributed by atoms with E-state index in [-0.39, 0.29) is 42.3 Å². The maximum Gasteiger partial charge on any atom is 0.431 e. The van der Waals surface area contributed by atoms with E-state index in [4.69, 9.17) is 4.74 Å². The minimum absolute atomic E-state index is 0.0512. The molecule has 0 unspecified atom stereocenters. The third-order valence-electron chi connectivity index (χ3n) is 5.30. The van der Waals surface area contributed by atoms with Gasteiger partial charge in [-0.2, -0.15) is 13.2 Å². The van der Waals surface area contributed by atoms with Gasteiger partial charge in [0.25, 0.3) is 5.91 Å². The van der Waals surface area contributed by atoms with Crippen LogP contribution in [-0.2, 0) is 17.5 Å². The molecular formula is C22H20F4N4O2. The number of carbonyl (C=O) groups excluding carboxylic acids is 1. The summed E-state index contributed by atoms with van der Waals surface area (Å²) in [6.45, 7) is 2.18. The number of alkyl halides is 3. The number of halogens is 4. The van der Waals surface area contributed by atoms with E-state index in [0.29, 0.717) is 18.8 Å². The van der Waals surface area contributed by atoms with Gasteiger partial charge in [0.1, 0.15) is 11.4 Å². The van der Waals surface area contributed by atoms with Crippen LogP contribution >= 0.6 is 0 Å². The fourth-order valence-corrected chi connectivity index (χ4v) is 3.89. The first-order valence-electron chi connectivity index (χ1n) is 9.96. The van der Waals surface area contributed by atoms with Crippen LogP contribution in [0.5, 0.6) is 0 Å². The highest BCUT2D eigenvalue weighted by Gasteiger charge is 2.42. The number of nitrogens with zero attached hydrogens (tertiary/aromatic N) is 4. The van der Waals surface area contributed by atoms with Gasteiger partial charge in [-0.05, 0) is 18.1 Å². The summed E-state index contributed by atoms with van der Waals surface area (Å²) in [7, 11) is 0. The Hall–Kier alpha value is -3.27. The lowest BCUT2D eigenvalue weighted by atomic mass is 10.1. The Morgan fingerprint density at radius 3 is 2.31 bits per heavy atom. The summed E-state index contributed by atoms with van der Waals surface area (Å²) in [6, 6.07) is 8.56. The molecule has 1 aromatic carbocycles. The SMILES string of the molecule is Cc1c(-c2ncc(F)cn2)c(C(=O)N2CCOCC2)n(Cc2ccccc2)c1C(F)(F)F. The molecule has 0 atom stereocenters. The van der Waals surface area contributed by atoms with Gasteiger partial charge in [-0.25, -0.2) is 14.4 Å². The molecule has 0 aliphatic carbocycles. The van der Waals surface area contributed by atoms with E-state index < -0.39 is 23.6 Å². The van der Waals surface area contributed by atoms with E-state index in [1.807, 2.05) is 0 Å². The molecule has 4 rings (SSSR count). The molecule has 1 fully saturated rings. The van der Waals surface area contributed by atoms with E-state index in [2.05, 4.69) is 9.97 Å². The molecule has 0 saturated carbocycles. The molecule has 1 saturated heterocycles. The largest absolute Gasteiger partial charge is 0.431 e. The van der Waals surface area contributed by atoms with E-state index >= 15 is 0 Å². The van der Waals surface area contributed by atoms with Crippen LogP contribution in [0.3, 0.4) is 0 Å². The summed E-state index contributed by atoms with van der Waals surface area (Å²) in [5.41, 5.74) is -0.773. The van der Waals surface area contributed by atoms with Crippen molar-refractivity contribution < 1.29 is 27.1 Å². The van der Waals surface area contributed by atoms with Gasteiger partial charge in [-0.1, -0.05) is 30.3 Å². The zero-order valence-corrected chi connectivity index (χ0v) is 17.2. The summed E-state index contributed by atoms with van der Waals surface area (Å²) in [5.74, 6) is -1.45. The summed E-state index contributed by atoms with van der Waals surface area (Å²) >= 11 is 0. The lowest BCUT2D eigenvalue weighted by Gasteiger charge is -2.28. The number of hydrogen-bond acceptors (Lipinski definition) is 4. The lowest BCUT2D eigenvalue weighted by Crippen LogP contribution is -2.42. The van der Waals surface area contributed by atoms with Crippen LogP contribution in [0.1, 0.15) is 27.3 Å². The van der Waals surface area contributed by atoms with Crippen molar-refractivity contribution in [1.82, 2.24) is 19.4 Å². The number of morpholine rings is 1. The van der Waals surface area contributed by atoms with Crippen molar-refractivity contribution in [1.29, 1.82) is 0 Å². The fourth-order valence-electron chi connectivity index (χ4n) is 3.89. The Labute approximate surface area is 181 Å². The highest BCUT2D eigenvalue weighted by atomic mass is 19.4. The summed E-state index contributed by atoms with van der Waals surface area (Å²) in [6.07, 6.45) is -3.00. The second-order valence-corrected chi connectivity index (χ2v) is 7.40. The monoisotopic (exact) mass is 448 g/mol. The molecule has 0 spiro atoms. The molecule has 10 heteroatoms. The molecule has 0 N–H and O–H groups in total. The molecule has 3 heterocycles. The second kappa shape index (κ2) is 8.70. The van der Waals surface area contributed by atoms with Crippen molar-refractivity contribution in [2.45, 2.75) is 19.6 Å². The molecular weight excluding hydrogens is 428 g/mol. The van der Waals surface area contributed by atoms with Crippen LogP contribution in [0, 0.1) is 12.7 Å². The van der Waals surface area contributed by atoms with Crippen molar-refractivity contribution in [3.8, 4) is 11.4 Å². The van der Waals surface area contributed by atoms with Crippen LogP contribution in [0.2, 0.25) is 0 Å². The van der Waals surface area contributed by atoms with Gasteiger partial charge in [0.05, 0.1) is 31.2 Å². The van der Waals surface area contributed by atoms with E-state index in [1.54, 1.807) is 30.3 Å². The second-order valence-electron chi connectivity index (χ2n) is 7.40. The number of benzene rings is 1. The third kappa shape index (κ3) is 4.22. The summed E-state index contributed by atoms with van der Waals surface area (Å²) < 4.78 is 62.3. The van der Waals surface area contributed by atoms with E-state index in [1.165, 1.54) is 11.8 Å². The smallest absolute Gasteiger partial charge is 0.378 e. The Morgan fingerprint density at radius 2 is 1.72 bits per heavy atom. The first-order chi connectivity index (χ1) is 15.3. The highest BCUT2D eigenvalue weighted by molar-refractivity contribution is 6.00. The van der Waals surface area contributed by atoms with Crippen LogP contribution < -0.4 is 0 Å². The van der Waals surface area contributed by atoms with Crippen LogP contribution in [-0.4, -0.2) is 51.6 Å². The Bertz CT molecular complexity index is 1110. The molecule has 0 radical (unpaired) electrons. The van der Waals surface area contributed by atoms with Gasteiger partial charge >= 0.3 is 6.18 Å². The maximum atomic E-state index is 14.2. The number of rotatable bonds is 4. The quantitative estimate of drug-likeness (QED) is 0.568. The van der Waals surface area contributed by atoms with Crippen LogP contribution in [0.15, 0.2) is 42.7 Å². The van der Waals surface area contributed by atoms with Crippen molar-refractivity contribution >= 4 is 5.91 Å². The molecule has 32 heavy (non-hydrogen) atoms. The van der Waals surface area contributed by atoms with Crippen molar-refractivity contribution in [3.05, 3.63) is 71.1 Å². The number of amides is 1. The molecule has 1 amide bonds. The number of aromatic nitrogens is 3. The van der Waals surface area contributed by atoms with Crippen molar-refractivity contribution in [2.24, 2.45) is 0 Å². The van der Waals surface area contributed by atoms with Gasteiger partial charge in [-0.15, -0.1) is 0 Å². The van der Waals surface area contributed by atoms with Gasteiger partial charge in [0.2, 0.25) is 0 Å². The maximum absolute atomic E-state index is 14.2. The van der Waals surface area contributed by atoms with Gasteiger partial charge in [-0.3, -0.25) is 4.79 Å². The first kappa shape index (κ1) is 21.9. The molecule has 6 nitrogen and oxygen atoms in total. The van der Waals surface area contributed by atoms with Gasteiger partial charge in [0.15, 0.2) is 11.6 Å². The van der Waals surface area contributed by atoms with E-state index in [9.17, 15) is 22.4 Å². The van der Waals surface area contributed by atoms with Gasteiger partial charge in [0, 0.05) is 19.6 Å². The Kier molecular flexibility index (Phi) is 5.96. The van der Waals surface area contributed by atoms with Crippen molar-refractivity contribution in [3.63, 3.8) is 0 Å². The highest BCUT2D eigenvalue weighted by Crippen LogP contribution is 2.40. The minimum Gasteiger partial charge on any atom is -0.378 e. The van der Waals surface area contributed by atoms with Crippen LogP contribution in [0.25, 0.3) is 11.4 Å². The normalized spacial score (nSPS) is 14.6. The molecule has 1 aliphatic heterocycles. The van der Waals surface area contributed by atoms with Crippen molar-refractivity contribution in [2.75, 3.05) is 26.3 Å². The number of ether oxygens (including phenoxy) is 1. The van der Waals surface area contributed by atoms with Crippen LogP contribution in [0.4, 0.5) is 17.6 Å².